The summed E-state index contributed by atoms with van der Waals surface area (Å²) in [5, 5.41) is 4.15. The molecular weight excluding hydrogens is 719 g/mol. The normalized spacial score (nSPS) is 19.9. The maximum Gasteiger partial charge on any atom is 0.344 e. The van der Waals surface area contributed by atoms with Crippen LogP contribution in [0.25, 0.3) is 66.0 Å². The monoisotopic (exact) mass is 771 g/mol. The van der Waals surface area contributed by atoms with Crippen LogP contribution in [0.1, 0.15) is 103 Å². The van der Waals surface area contributed by atoms with Gasteiger partial charge in [-0.15, -0.1) is 0 Å². The van der Waals surface area contributed by atoms with Gasteiger partial charge in [0, 0.05) is 88.3 Å². The first-order valence-corrected chi connectivity index (χ1v) is 21.3. The summed E-state index contributed by atoms with van der Waals surface area (Å²) in [5.41, 5.74) is 13.1. The highest BCUT2D eigenvalue weighted by Gasteiger charge is 2.43. The molecule has 0 bridgehead atoms. The van der Waals surface area contributed by atoms with Crippen molar-refractivity contribution in [2.24, 2.45) is 7.05 Å². The van der Waals surface area contributed by atoms with E-state index in [1.807, 2.05) is 12.1 Å². The average molecular weight is 772 g/mol. The molecule has 58 heavy (non-hydrogen) atoms. The molecule has 4 aromatic carbocycles. The first-order chi connectivity index (χ1) is 27.4. The van der Waals surface area contributed by atoms with Gasteiger partial charge < -0.3 is 23.2 Å². The van der Waals surface area contributed by atoms with Gasteiger partial charge in [0.2, 0.25) is 0 Å². The predicted octanol–water partition coefficient (Wildman–Crippen LogP) is 11.2. The Morgan fingerprint density at radius 1 is 0.500 bits per heavy atom. The van der Waals surface area contributed by atoms with E-state index in [0.717, 1.165) is 107 Å². The lowest BCUT2D eigenvalue weighted by molar-refractivity contribution is 0.398. The molecule has 4 aliphatic heterocycles. The average Bonchev–Trinajstić information content (AvgIpc) is 3.45. The fraction of sp³-hybridized carbons (Fsp3) is 0.412. The van der Waals surface area contributed by atoms with Gasteiger partial charge in [-0.3, -0.25) is 0 Å². The van der Waals surface area contributed by atoms with E-state index in [4.69, 9.17) is 8.83 Å². The van der Waals surface area contributed by atoms with Crippen molar-refractivity contribution in [3.63, 3.8) is 0 Å². The fourth-order valence-corrected chi connectivity index (χ4v) is 11.2. The summed E-state index contributed by atoms with van der Waals surface area (Å²) >= 11 is 0. The Balaban J connectivity index is 1.04. The second kappa shape index (κ2) is 11.5. The Hall–Kier alpha value is -5.30. The molecule has 0 saturated heterocycles. The van der Waals surface area contributed by atoms with Gasteiger partial charge in [-0.1, -0.05) is 79.7 Å². The molecule has 0 N–H and O–H groups in total. The number of benzene rings is 4. The summed E-state index contributed by atoms with van der Waals surface area (Å²) in [7, 11) is 2.06. The second-order valence-corrected chi connectivity index (χ2v) is 20.6. The van der Waals surface area contributed by atoms with Gasteiger partial charge in [-0.2, -0.15) is 0 Å². The molecule has 3 aromatic heterocycles. The minimum atomic E-state index is -0.315. The first-order valence-electron chi connectivity index (χ1n) is 21.3. The molecular formula is C51H53N3O4. The van der Waals surface area contributed by atoms with Gasteiger partial charge >= 0.3 is 11.3 Å². The summed E-state index contributed by atoms with van der Waals surface area (Å²) < 4.78 is 14.9. The summed E-state index contributed by atoms with van der Waals surface area (Å²) in [6.07, 6.45) is 4.23. The molecule has 0 atom stereocenters. The molecule has 0 radical (unpaired) electrons. The Labute approximate surface area is 339 Å². The number of rotatable bonds is 2. The molecule has 0 amide bonds. The molecule has 7 heterocycles. The quantitative estimate of drug-likeness (QED) is 0.163. The van der Waals surface area contributed by atoms with Crippen molar-refractivity contribution in [2.45, 2.75) is 103 Å². The van der Waals surface area contributed by atoms with Crippen LogP contribution in [0, 0.1) is 0 Å². The Bertz CT molecular complexity index is 2890. The highest BCUT2D eigenvalue weighted by atomic mass is 16.4. The highest BCUT2D eigenvalue weighted by molar-refractivity contribution is 6.10. The smallest absolute Gasteiger partial charge is 0.344 e. The van der Waals surface area contributed by atoms with Crippen LogP contribution in [0.2, 0.25) is 0 Å². The number of hydrogen-bond donors (Lipinski definition) is 0. The molecule has 296 valence electrons. The summed E-state index contributed by atoms with van der Waals surface area (Å²) in [4.78, 5) is 33.0. The van der Waals surface area contributed by atoms with Crippen molar-refractivity contribution in [3.8, 4) is 22.3 Å². The number of aryl methyl sites for hydroxylation is 1. The van der Waals surface area contributed by atoms with E-state index >= 15 is 0 Å². The summed E-state index contributed by atoms with van der Waals surface area (Å²) in [6.45, 7) is 22.6. The van der Waals surface area contributed by atoms with Gasteiger partial charge in [0.15, 0.2) is 0 Å². The number of anilines is 2. The van der Waals surface area contributed by atoms with E-state index in [9.17, 15) is 9.59 Å². The van der Waals surface area contributed by atoms with Gasteiger partial charge in [-0.05, 0) is 106 Å². The molecule has 7 heteroatoms. The zero-order chi connectivity index (χ0) is 40.4. The predicted molar refractivity (Wildman–Crippen MR) is 238 cm³/mol. The van der Waals surface area contributed by atoms with Crippen LogP contribution >= 0.6 is 0 Å². The lowest BCUT2D eigenvalue weighted by Crippen LogP contribution is -2.44. The van der Waals surface area contributed by atoms with Crippen molar-refractivity contribution >= 4 is 55.1 Å². The Morgan fingerprint density at radius 3 is 1.28 bits per heavy atom. The largest absolute Gasteiger partial charge is 0.422 e. The molecule has 0 spiro atoms. The van der Waals surface area contributed by atoms with Crippen LogP contribution in [0.15, 0.2) is 79.1 Å². The van der Waals surface area contributed by atoms with Crippen LogP contribution < -0.4 is 21.1 Å². The molecule has 0 aliphatic carbocycles. The number of fused-ring (bicyclic) bond motifs is 7. The van der Waals surface area contributed by atoms with Crippen LogP contribution in [0.3, 0.4) is 0 Å². The van der Waals surface area contributed by atoms with Crippen molar-refractivity contribution in [1.82, 2.24) is 4.57 Å². The van der Waals surface area contributed by atoms with Crippen LogP contribution in [-0.2, 0) is 28.7 Å². The van der Waals surface area contributed by atoms with E-state index in [1.54, 1.807) is 0 Å². The number of aromatic nitrogens is 1. The lowest BCUT2D eigenvalue weighted by Gasteiger charge is -2.48. The Morgan fingerprint density at radius 2 is 0.879 bits per heavy atom. The maximum atomic E-state index is 14.0. The number of hydrogen-bond acceptors (Lipinski definition) is 6. The van der Waals surface area contributed by atoms with Crippen LogP contribution in [0.4, 0.5) is 11.4 Å². The van der Waals surface area contributed by atoms with E-state index < -0.39 is 0 Å². The molecule has 0 unspecified atom stereocenters. The Kier molecular flexibility index (Phi) is 7.08. The van der Waals surface area contributed by atoms with E-state index in [1.165, 1.54) is 33.6 Å². The van der Waals surface area contributed by atoms with Crippen molar-refractivity contribution in [3.05, 3.63) is 104 Å². The third kappa shape index (κ3) is 4.85. The minimum absolute atomic E-state index is 0.0261. The van der Waals surface area contributed by atoms with Gasteiger partial charge in [0.05, 0.1) is 11.1 Å². The minimum Gasteiger partial charge on any atom is -0.422 e. The number of nitrogens with zero attached hydrogens (tertiary/aromatic N) is 3. The molecule has 4 aliphatic rings. The van der Waals surface area contributed by atoms with Crippen LogP contribution in [-0.4, -0.2) is 30.7 Å². The maximum absolute atomic E-state index is 14.0. The lowest BCUT2D eigenvalue weighted by atomic mass is 9.69. The standard InChI is InChI=1S/C51H53N3O4/c1-48(2)14-18-53-20-16-50(5,6)40-42(53)36(48)24-30-22-34(46(55)57-44(30)40)28-10-12-32-33-13-11-29(27-39(33)52(9)38(32)26-28)35-23-31-25-37-43-41(45(31)58-47(35)56)51(7,8)17-21-54(43)19-15-49(37,3)4/h10-13,22-27H,14-21H2,1-9H3. The second-order valence-electron chi connectivity index (χ2n) is 20.6. The third-order valence-electron chi connectivity index (χ3n) is 15.1. The van der Waals surface area contributed by atoms with Gasteiger partial charge in [0.25, 0.3) is 0 Å². The summed E-state index contributed by atoms with van der Waals surface area (Å²) in [6, 6.07) is 21.2. The van der Waals surface area contributed by atoms with Crippen molar-refractivity contribution < 1.29 is 8.83 Å². The molecule has 11 rings (SSSR count). The van der Waals surface area contributed by atoms with E-state index in [2.05, 4.69) is 125 Å². The van der Waals surface area contributed by atoms with Crippen molar-refractivity contribution in [2.75, 3.05) is 36.0 Å². The highest BCUT2D eigenvalue weighted by Crippen LogP contribution is 2.53. The van der Waals surface area contributed by atoms with Gasteiger partial charge in [-0.25, -0.2) is 9.59 Å². The molecule has 0 fully saturated rings. The SMILES string of the molecule is Cn1c2cc(-c3cc4cc5c6c(c4oc3=O)C(C)(C)CCN6CCC5(C)C)ccc2c2ccc(-c3cc4cc5c6c(c4oc3=O)C(C)(C)CCN6CCC5(C)C)cc21. The molecule has 7 nitrogen and oxygen atoms in total. The topological polar surface area (TPSA) is 71.8 Å². The molecule has 7 aromatic rings. The van der Waals surface area contributed by atoms with E-state index in [-0.39, 0.29) is 32.9 Å². The van der Waals surface area contributed by atoms with Crippen molar-refractivity contribution in [1.29, 1.82) is 0 Å². The zero-order valence-corrected chi connectivity index (χ0v) is 35.4. The third-order valence-corrected chi connectivity index (χ3v) is 15.1. The van der Waals surface area contributed by atoms with E-state index in [0.29, 0.717) is 11.1 Å². The first kappa shape index (κ1) is 35.8. The van der Waals surface area contributed by atoms with Crippen LogP contribution in [0.5, 0.6) is 0 Å². The molecule has 0 saturated carbocycles. The summed E-state index contributed by atoms with van der Waals surface area (Å²) in [5.74, 6) is 0. The van der Waals surface area contributed by atoms with Gasteiger partial charge in [0.1, 0.15) is 11.2 Å². The zero-order valence-electron chi connectivity index (χ0n) is 35.4. The fourth-order valence-electron chi connectivity index (χ4n) is 11.2.